The lowest BCUT2D eigenvalue weighted by molar-refractivity contribution is 0.0602. The number of ether oxygens (including phenoxy) is 1. The number of esters is 1. The number of carbonyl (C=O) groups is 2. The monoisotopic (exact) mass is 368 g/mol. The Hall–Kier alpha value is -2.24. The molecule has 0 radical (unpaired) electrons. The maximum absolute atomic E-state index is 11.9. The quantitative estimate of drug-likeness (QED) is 0.786. The van der Waals surface area contributed by atoms with Gasteiger partial charge in [0.15, 0.2) is 0 Å². The van der Waals surface area contributed by atoms with Crippen molar-refractivity contribution in [3.05, 3.63) is 64.7 Å². The molecule has 2 aromatic carbocycles. The molecule has 24 heavy (non-hydrogen) atoms. The van der Waals surface area contributed by atoms with Crippen molar-refractivity contribution in [2.45, 2.75) is 6.42 Å². The van der Waals surface area contributed by atoms with Crippen molar-refractivity contribution in [3.8, 4) is 0 Å². The van der Waals surface area contributed by atoms with Gasteiger partial charge in [0.05, 0.1) is 18.4 Å². The molecule has 2 N–H and O–H groups in total. The number of hydrogen-bond donors (Lipinski definition) is 2. The van der Waals surface area contributed by atoms with Crippen molar-refractivity contribution in [2.24, 2.45) is 0 Å². The van der Waals surface area contributed by atoms with E-state index in [1.807, 2.05) is 24.3 Å². The predicted octanol–water partition coefficient (Wildman–Crippen LogP) is 3.91. The Balaban J connectivity index is 0.00000288. The summed E-state index contributed by atoms with van der Waals surface area (Å²) < 4.78 is 4.69. The van der Waals surface area contributed by atoms with Gasteiger partial charge in [-0.2, -0.15) is 0 Å². The summed E-state index contributed by atoms with van der Waals surface area (Å²) in [5.41, 5.74) is 1.79. The maximum atomic E-state index is 11.9. The van der Waals surface area contributed by atoms with Crippen LogP contribution in [0.3, 0.4) is 0 Å². The number of halogens is 2. The van der Waals surface area contributed by atoms with Crippen LogP contribution in [0.5, 0.6) is 0 Å². The van der Waals surface area contributed by atoms with E-state index in [-0.39, 0.29) is 18.4 Å². The van der Waals surface area contributed by atoms with Crippen LogP contribution in [0.4, 0.5) is 10.5 Å². The highest BCUT2D eigenvalue weighted by molar-refractivity contribution is 6.30. The van der Waals surface area contributed by atoms with E-state index >= 15 is 0 Å². The molecule has 0 unspecified atom stereocenters. The molecule has 0 aliphatic carbocycles. The highest BCUT2D eigenvalue weighted by Gasteiger charge is 2.12. The molecule has 7 heteroatoms. The van der Waals surface area contributed by atoms with Crippen molar-refractivity contribution >= 4 is 41.7 Å². The molecular formula is C17H18Cl2N2O3. The average Bonchev–Trinajstić information content (AvgIpc) is 2.56. The zero-order chi connectivity index (χ0) is 16.7. The van der Waals surface area contributed by atoms with Crippen molar-refractivity contribution in [3.63, 3.8) is 0 Å². The van der Waals surface area contributed by atoms with Gasteiger partial charge in [0.25, 0.3) is 0 Å². The number of para-hydroxylation sites is 1. The van der Waals surface area contributed by atoms with Gasteiger partial charge in [-0.25, -0.2) is 9.59 Å². The first-order valence-corrected chi connectivity index (χ1v) is 7.44. The Morgan fingerprint density at radius 3 is 2.42 bits per heavy atom. The molecule has 0 heterocycles. The van der Waals surface area contributed by atoms with Crippen LogP contribution in [-0.2, 0) is 11.2 Å². The van der Waals surface area contributed by atoms with Crippen LogP contribution < -0.4 is 10.6 Å². The van der Waals surface area contributed by atoms with E-state index in [1.54, 1.807) is 24.3 Å². The second kappa shape index (κ2) is 9.80. The molecule has 5 nitrogen and oxygen atoms in total. The summed E-state index contributed by atoms with van der Waals surface area (Å²) in [5.74, 6) is -0.498. The van der Waals surface area contributed by atoms with Crippen LogP contribution in [-0.4, -0.2) is 25.7 Å². The van der Waals surface area contributed by atoms with Crippen LogP contribution in [0.25, 0.3) is 0 Å². The fourth-order valence-electron chi connectivity index (χ4n) is 2.02. The number of carbonyl (C=O) groups excluding carboxylic acids is 2. The Kier molecular flexibility index (Phi) is 8.09. The average molecular weight is 369 g/mol. The molecule has 0 spiro atoms. The van der Waals surface area contributed by atoms with Gasteiger partial charge in [-0.15, -0.1) is 12.4 Å². The van der Waals surface area contributed by atoms with Crippen LogP contribution in [0.1, 0.15) is 15.9 Å². The van der Waals surface area contributed by atoms with E-state index in [0.717, 1.165) is 5.56 Å². The summed E-state index contributed by atoms with van der Waals surface area (Å²) in [7, 11) is 1.30. The molecule has 2 rings (SSSR count). The molecule has 2 amide bonds. The molecule has 128 valence electrons. The number of nitrogens with one attached hydrogen (secondary N) is 2. The standard InChI is InChI=1S/C17H17ClN2O3.ClH/c1-23-16(21)14-4-2-3-5-15(14)20-17(22)19-11-10-12-6-8-13(18)9-7-12;/h2-9H,10-11H2,1H3,(H2,19,20,22);1H. The first kappa shape index (κ1) is 19.8. The lowest BCUT2D eigenvalue weighted by Gasteiger charge is -2.10. The summed E-state index contributed by atoms with van der Waals surface area (Å²) in [6.07, 6.45) is 0.684. The van der Waals surface area contributed by atoms with E-state index < -0.39 is 5.97 Å². The number of benzene rings is 2. The molecule has 0 aromatic heterocycles. The minimum atomic E-state index is -0.498. The highest BCUT2D eigenvalue weighted by atomic mass is 35.5. The largest absolute Gasteiger partial charge is 0.465 e. The molecule has 0 saturated carbocycles. The highest BCUT2D eigenvalue weighted by Crippen LogP contribution is 2.15. The molecule has 0 aliphatic heterocycles. The van der Waals surface area contributed by atoms with Gasteiger partial charge in [0.1, 0.15) is 0 Å². The molecular weight excluding hydrogens is 351 g/mol. The van der Waals surface area contributed by atoms with Gasteiger partial charge < -0.3 is 15.4 Å². The third-order valence-electron chi connectivity index (χ3n) is 3.19. The lowest BCUT2D eigenvalue weighted by atomic mass is 10.1. The number of rotatable bonds is 5. The van der Waals surface area contributed by atoms with Crippen molar-refractivity contribution in [1.82, 2.24) is 5.32 Å². The first-order chi connectivity index (χ1) is 11.1. The molecule has 0 atom stereocenters. The SMILES string of the molecule is COC(=O)c1ccccc1NC(=O)NCCc1ccc(Cl)cc1.Cl. The zero-order valence-corrected chi connectivity index (χ0v) is 14.6. The minimum Gasteiger partial charge on any atom is -0.465 e. The second-order valence-corrected chi connectivity index (χ2v) is 5.23. The van der Waals surface area contributed by atoms with Crippen molar-refractivity contribution in [1.29, 1.82) is 0 Å². The van der Waals surface area contributed by atoms with Gasteiger partial charge in [-0.1, -0.05) is 35.9 Å². The molecule has 0 aliphatic rings. The summed E-state index contributed by atoms with van der Waals surface area (Å²) in [5, 5.41) is 6.07. The van der Waals surface area contributed by atoms with E-state index in [9.17, 15) is 9.59 Å². The topological polar surface area (TPSA) is 67.4 Å². The molecule has 0 saturated heterocycles. The van der Waals surface area contributed by atoms with Gasteiger partial charge in [0.2, 0.25) is 0 Å². The minimum absolute atomic E-state index is 0. The van der Waals surface area contributed by atoms with E-state index in [4.69, 9.17) is 11.6 Å². The van der Waals surface area contributed by atoms with E-state index in [1.165, 1.54) is 7.11 Å². The first-order valence-electron chi connectivity index (χ1n) is 7.07. The van der Waals surface area contributed by atoms with Gasteiger partial charge in [-0.05, 0) is 36.2 Å². The summed E-state index contributed by atoms with van der Waals surface area (Å²) in [6, 6.07) is 13.7. The number of amides is 2. The van der Waals surface area contributed by atoms with Crippen molar-refractivity contribution in [2.75, 3.05) is 19.0 Å². The Morgan fingerprint density at radius 1 is 1.08 bits per heavy atom. The number of urea groups is 1. The molecule has 0 fully saturated rings. The van der Waals surface area contributed by atoms with Crippen LogP contribution in [0.15, 0.2) is 48.5 Å². The predicted molar refractivity (Wildman–Crippen MR) is 97.2 cm³/mol. The fourth-order valence-corrected chi connectivity index (χ4v) is 2.14. The molecule has 2 aromatic rings. The van der Waals surface area contributed by atoms with E-state index in [2.05, 4.69) is 15.4 Å². The Morgan fingerprint density at radius 2 is 1.75 bits per heavy atom. The third-order valence-corrected chi connectivity index (χ3v) is 3.45. The number of hydrogen-bond acceptors (Lipinski definition) is 3. The van der Waals surface area contributed by atoms with Gasteiger partial charge in [-0.3, -0.25) is 0 Å². The van der Waals surface area contributed by atoms with Crippen molar-refractivity contribution < 1.29 is 14.3 Å². The van der Waals surface area contributed by atoms with Gasteiger partial charge >= 0.3 is 12.0 Å². The van der Waals surface area contributed by atoms with E-state index in [0.29, 0.717) is 29.2 Å². The summed E-state index contributed by atoms with van der Waals surface area (Å²) in [4.78, 5) is 23.6. The number of methoxy groups -OCH3 is 1. The summed E-state index contributed by atoms with van der Waals surface area (Å²) >= 11 is 5.82. The number of anilines is 1. The third kappa shape index (κ3) is 5.76. The van der Waals surface area contributed by atoms with Crippen LogP contribution in [0.2, 0.25) is 5.02 Å². The fraction of sp³-hybridized carbons (Fsp3) is 0.176. The Bertz CT molecular complexity index is 690. The summed E-state index contributed by atoms with van der Waals surface area (Å²) in [6.45, 7) is 0.466. The normalized spacial score (nSPS) is 9.58. The van der Waals surface area contributed by atoms with Gasteiger partial charge in [0, 0.05) is 11.6 Å². The molecule has 0 bridgehead atoms. The second-order valence-electron chi connectivity index (χ2n) is 4.79. The van der Waals surface area contributed by atoms with Crippen LogP contribution in [0, 0.1) is 0 Å². The lowest BCUT2D eigenvalue weighted by Crippen LogP contribution is -2.31. The zero-order valence-electron chi connectivity index (χ0n) is 13.0. The smallest absolute Gasteiger partial charge is 0.339 e. The Labute approximate surface area is 151 Å². The maximum Gasteiger partial charge on any atom is 0.339 e. The van der Waals surface area contributed by atoms with Crippen LogP contribution >= 0.6 is 24.0 Å².